The molecule has 6 heteroatoms. The molecule has 0 spiro atoms. The summed E-state index contributed by atoms with van der Waals surface area (Å²) in [4.78, 5) is 17.7. The highest BCUT2D eigenvalue weighted by Gasteiger charge is 2.28. The van der Waals surface area contributed by atoms with E-state index in [0.29, 0.717) is 11.6 Å². The van der Waals surface area contributed by atoms with Gasteiger partial charge in [-0.2, -0.15) is 0 Å². The van der Waals surface area contributed by atoms with E-state index in [0.717, 1.165) is 30.9 Å². The third-order valence-electron chi connectivity index (χ3n) is 4.62. The Morgan fingerprint density at radius 3 is 2.67 bits per heavy atom. The minimum atomic E-state index is -0.380. The first-order chi connectivity index (χ1) is 11.6. The maximum atomic E-state index is 11.4. The Morgan fingerprint density at radius 2 is 2.00 bits per heavy atom. The zero-order valence-electron chi connectivity index (χ0n) is 13.9. The molecule has 0 saturated carbocycles. The summed E-state index contributed by atoms with van der Waals surface area (Å²) >= 11 is 0. The van der Waals surface area contributed by atoms with Crippen LogP contribution >= 0.6 is 0 Å². The molecule has 126 valence electrons. The number of aromatic nitrogens is 1. The highest BCUT2D eigenvalue weighted by atomic mass is 16.6. The average Bonchev–Trinajstić information content (AvgIpc) is 2.62. The molecule has 2 unspecified atom stereocenters. The molecule has 0 N–H and O–H groups in total. The lowest BCUT2D eigenvalue weighted by atomic mass is 9.96. The Morgan fingerprint density at radius 1 is 1.25 bits per heavy atom. The largest absolute Gasteiger partial charge is 0.379 e. The summed E-state index contributed by atoms with van der Waals surface area (Å²) in [5.41, 5.74) is 1.18. The number of methoxy groups -OCH3 is 1. The second-order valence-electron chi connectivity index (χ2n) is 6.15. The molecule has 1 aromatic carbocycles. The van der Waals surface area contributed by atoms with E-state index in [-0.39, 0.29) is 16.7 Å². The zero-order valence-corrected chi connectivity index (χ0v) is 13.9. The molecular weight excluding hydrogens is 306 g/mol. The van der Waals surface area contributed by atoms with Crippen molar-refractivity contribution >= 4 is 11.5 Å². The molecule has 2 atom stereocenters. The minimum Gasteiger partial charge on any atom is -0.379 e. The van der Waals surface area contributed by atoms with E-state index in [1.807, 2.05) is 30.3 Å². The van der Waals surface area contributed by atoms with Crippen molar-refractivity contribution in [3.63, 3.8) is 0 Å². The number of piperidine rings is 1. The molecule has 2 heterocycles. The number of hydrogen-bond donors (Lipinski definition) is 0. The Kier molecular flexibility index (Phi) is 4.76. The van der Waals surface area contributed by atoms with Crippen LogP contribution in [0.5, 0.6) is 0 Å². The van der Waals surface area contributed by atoms with Gasteiger partial charge < -0.3 is 9.64 Å². The summed E-state index contributed by atoms with van der Waals surface area (Å²) in [6.45, 7) is 3.81. The summed E-state index contributed by atoms with van der Waals surface area (Å²) < 4.78 is 5.55. The number of hydrogen-bond acceptors (Lipinski definition) is 5. The van der Waals surface area contributed by atoms with Gasteiger partial charge in [0.2, 0.25) is 0 Å². The van der Waals surface area contributed by atoms with Crippen molar-refractivity contribution in [1.82, 2.24) is 4.98 Å². The van der Waals surface area contributed by atoms with Gasteiger partial charge in [-0.15, -0.1) is 0 Å². The van der Waals surface area contributed by atoms with Crippen LogP contribution in [0.3, 0.4) is 0 Å². The fraction of sp³-hybridized carbons (Fsp3) is 0.389. The van der Waals surface area contributed by atoms with Crippen molar-refractivity contribution in [2.24, 2.45) is 5.92 Å². The summed E-state index contributed by atoms with van der Waals surface area (Å²) in [6.07, 6.45) is 1.16. The molecule has 24 heavy (non-hydrogen) atoms. The van der Waals surface area contributed by atoms with Crippen LogP contribution < -0.4 is 4.90 Å². The van der Waals surface area contributed by atoms with E-state index < -0.39 is 0 Å². The third kappa shape index (κ3) is 3.23. The molecule has 3 rings (SSSR count). The smallest absolute Gasteiger partial charge is 0.295 e. The number of anilines is 1. The van der Waals surface area contributed by atoms with Gasteiger partial charge in [-0.05, 0) is 18.4 Å². The molecule has 0 radical (unpaired) electrons. The van der Waals surface area contributed by atoms with Gasteiger partial charge in [-0.25, -0.2) is 4.98 Å². The van der Waals surface area contributed by atoms with Crippen molar-refractivity contribution in [3.8, 4) is 11.3 Å². The van der Waals surface area contributed by atoms with E-state index >= 15 is 0 Å². The number of nitro groups is 1. The highest BCUT2D eigenvalue weighted by molar-refractivity contribution is 5.71. The van der Waals surface area contributed by atoms with Gasteiger partial charge in [0.15, 0.2) is 5.69 Å². The quantitative estimate of drug-likeness (QED) is 0.635. The van der Waals surface area contributed by atoms with Gasteiger partial charge in [0, 0.05) is 31.8 Å². The van der Waals surface area contributed by atoms with E-state index in [9.17, 15) is 10.1 Å². The topological polar surface area (TPSA) is 68.5 Å². The van der Waals surface area contributed by atoms with E-state index in [2.05, 4.69) is 16.8 Å². The highest BCUT2D eigenvalue weighted by Crippen LogP contribution is 2.31. The zero-order chi connectivity index (χ0) is 17.1. The lowest BCUT2D eigenvalue weighted by molar-refractivity contribution is -0.384. The molecule has 1 saturated heterocycles. The number of nitrogens with zero attached hydrogens (tertiary/aromatic N) is 3. The van der Waals surface area contributed by atoms with Crippen LogP contribution in [0.25, 0.3) is 11.3 Å². The fourth-order valence-corrected chi connectivity index (χ4v) is 3.12. The van der Waals surface area contributed by atoms with Crippen molar-refractivity contribution in [1.29, 1.82) is 0 Å². The van der Waals surface area contributed by atoms with Crippen LogP contribution in [0.1, 0.15) is 13.3 Å². The predicted molar refractivity (Wildman–Crippen MR) is 93.1 cm³/mol. The maximum absolute atomic E-state index is 11.4. The minimum absolute atomic E-state index is 0.0265. The first-order valence-electron chi connectivity index (χ1n) is 8.08. The van der Waals surface area contributed by atoms with Gasteiger partial charge in [0.25, 0.3) is 5.69 Å². The molecule has 1 aliphatic heterocycles. The third-order valence-corrected chi connectivity index (χ3v) is 4.62. The second kappa shape index (κ2) is 6.97. The Balaban J connectivity index is 1.97. The Bertz CT molecular complexity index is 721. The number of rotatable bonds is 4. The van der Waals surface area contributed by atoms with Crippen molar-refractivity contribution in [2.75, 3.05) is 25.1 Å². The first kappa shape index (κ1) is 16.4. The summed E-state index contributed by atoms with van der Waals surface area (Å²) in [6, 6.07) is 12.6. The fourth-order valence-electron chi connectivity index (χ4n) is 3.12. The molecule has 0 amide bonds. The van der Waals surface area contributed by atoms with Crippen molar-refractivity contribution in [3.05, 3.63) is 52.6 Å². The molecule has 1 aliphatic rings. The maximum Gasteiger partial charge on any atom is 0.295 e. The average molecular weight is 327 g/mol. The molecule has 0 bridgehead atoms. The molecule has 1 aromatic heterocycles. The Labute approximate surface area is 141 Å². The number of ether oxygens (including phenoxy) is 1. The molecule has 6 nitrogen and oxygen atoms in total. The molecule has 1 fully saturated rings. The van der Waals surface area contributed by atoms with Gasteiger partial charge in [0.1, 0.15) is 5.82 Å². The lowest BCUT2D eigenvalue weighted by Crippen LogP contribution is -2.44. The van der Waals surface area contributed by atoms with E-state index in [1.54, 1.807) is 19.2 Å². The summed E-state index contributed by atoms with van der Waals surface area (Å²) in [5, 5.41) is 11.4. The normalized spacial score (nSPS) is 20.8. The van der Waals surface area contributed by atoms with Gasteiger partial charge in [-0.1, -0.05) is 37.3 Å². The summed E-state index contributed by atoms with van der Waals surface area (Å²) in [5.74, 6) is 1.26. The van der Waals surface area contributed by atoms with Crippen LogP contribution in [0.2, 0.25) is 0 Å². The van der Waals surface area contributed by atoms with Crippen LogP contribution in [0.15, 0.2) is 42.5 Å². The van der Waals surface area contributed by atoms with Crippen LogP contribution in [-0.4, -0.2) is 36.2 Å². The second-order valence-corrected chi connectivity index (χ2v) is 6.15. The van der Waals surface area contributed by atoms with Gasteiger partial charge in [-0.3, -0.25) is 10.1 Å². The van der Waals surface area contributed by atoms with Crippen LogP contribution in [0.4, 0.5) is 11.5 Å². The first-order valence-corrected chi connectivity index (χ1v) is 8.08. The number of benzene rings is 1. The number of pyridine rings is 1. The lowest BCUT2D eigenvalue weighted by Gasteiger charge is -2.37. The van der Waals surface area contributed by atoms with Gasteiger partial charge >= 0.3 is 0 Å². The standard InChI is InChI=1S/C18H21N3O3/c1-13-10-11-20(12-16(13)24-2)17-9-8-15(21(22)23)18(19-17)14-6-4-3-5-7-14/h3-9,13,16H,10-12H2,1-2H3. The Hall–Kier alpha value is -2.47. The van der Waals surface area contributed by atoms with Crippen molar-refractivity contribution < 1.29 is 9.66 Å². The van der Waals surface area contributed by atoms with Gasteiger partial charge in [0.05, 0.1) is 11.0 Å². The SMILES string of the molecule is COC1CN(c2ccc([N+](=O)[O-])c(-c3ccccc3)n2)CCC1C. The van der Waals surface area contributed by atoms with Crippen LogP contribution in [-0.2, 0) is 4.74 Å². The molecule has 2 aromatic rings. The van der Waals surface area contributed by atoms with Crippen molar-refractivity contribution in [2.45, 2.75) is 19.4 Å². The molecular formula is C18H21N3O3. The predicted octanol–water partition coefficient (Wildman–Crippen LogP) is 3.52. The summed E-state index contributed by atoms with van der Waals surface area (Å²) in [7, 11) is 1.73. The monoisotopic (exact) mass is 327 g/mol. The van der Waals surface area contributed by atoms with Crippen LogP contribution in [0, 0.1) is 16.0 Å². The molecule has 0 aliphatic carbocycles. The van der Waals surface area contributed by atoms with E-state index in [4.69, 9.17) is 4.74 Å². The van der Waals surface area contributed by atoms with E-state index in [1.165, 1.54) is 0 Å².